The third kappa shape index (κ3) is 4.80. The van der Waals surface area contributed by atoms with Crippen molar-refractivity contribution in [2.24, 2.45) is 0 Å². The van der Waals surface area contributed by atoms with Gasteiger partial charge in [0.25, 0.3) is 5.56 Å². The fourth-order valence-electron chi connectivity index (χ4n) is 2.78. The molecular formula is C19H28N4OS. The molecule has 5 nitrogen and oxygen atoms in total. The molecule has 0 aliphatic heterocycles. The molecule has 25 heavy (non-hydrogen) atoms. The van der Waals surface area contributed by atoms with Crippen LogP contribution < -0.4 is 10.9 Å². The van der Waals surface area contributed by atoms with E-state index in [-0.39, 0.29) is 5.56 Å². The molecule has 6 heteroatoms. The predicted molar refractivity (Wildman–Crippen MR) is 109 cm³/mol. The van der Waals surface area contributed by atoms with Crippen molar-refractivity contribution in [2.45, 2.75) is 27.3 Å². The molecule has 2 N–H and O–H groups in total. The summed E-state index contributed by atoms with van der Waals surface area (Å²) >= 11 is 5.50. The molecule has 0 amide bonds. The van der Waals surface area contributed by atoms with Gasteiger partial charge in [0.1, 0.15) is 0 Å². The molecule has 1 aromatic carbocycles. The quantitative estimate of drug-likeness (QED) is 0.775. The summed E-state index contributed by atoms with van der Waals surface area (Å²) in [6, 6.07) is 6.14. The molecule has 0 unspecified atom stereocenters. The van der Waals surface area contributed by atoms with Crippen LogP contribution in [0, 0.1) is 13.8 Å². The molecule has 0 spiro atoms. The van der Waals surface area contributed by atoms with Gasteiger partial charge in [0, 0.05) is 30.6 Å². The first-order chi connectivity index (χ1) is 11.8. The van der Waals surface area contributed by atoms with Crippen LogP contribution in [0.4, 0.5) is 0 Å². The fraction of sp³-hybridized carbons (Fsp3) is 0.474. The number of nitrogens with one attached hydrogen (secondary N) is 2. The van der Waals surface area contributed by atoms with Gasteiger partial charge in [0.2, 0.25) is 0 Å². The normalized spacial score (nSPS) is 11.1. The summed E-state index contributed by atoms with van der Waals surface area (Å²) in [7, 11) is 4.06. The Balaban J connectivity index is 2.37. The van der Waals surface area contributed by atoms with E-state index in [2.05, 4.69) is 33.1 Å². The Labute approximate surface area is 155 Å². The van der Waals surface area contributed by atoms with E-state index in [1.165, 1.54) is 0 Å². The summed E-state index contributed by atoms with van der Waals surface area (Å²) in [4.78, 5) is 19.8. The second-order valence-corrected chi connectivity index (χ2v) is 7.06. The lowest BCUT2D eigenvalue weighted by Gasteiger charge is -2.27. The monoisotopic (exact) mass is 360 g/mol. The Morgan fingerprint density at radius 3 is 2.52 bits per heavy atom. The number of thiocarbonyl (C=S) groups is 1. The van der Waals surface area contributed by atoms with Gasteiger partial charge in [-0.1, -0.05) is 12.1 Å². The fourth-order valence-corrected chi connectivity index (χ4v) is 3.08. The minimum absolute atomic E-state index is 0.0460. The first-order valence-electron chi connectivity index (χ1n) is 8.63. The van der Waals surface area contributed by atoms with E-state index in [0.717, 1.165) is 47.2 Å². The number of H-pyrrole nitrogens is 1. The van der Waals surface area contributed by atoms with Crippen molar-refractivity contribution in [3.63, 3.8) is 0 Å². The molecule has 2 aromatic rings. The maximum absolute atomic E-state index is 12.6. The van der Waals surface area contributed by atoms with Crippen molar-refractivity contribution < 1.29 is 0 Å². The molecule has 136 valence electrons. The van der Waals surface area contributed by atoms with Gasteiger partial charge < -0.3 is 20.1 Å². The molecule has 0 aliphatic rings. The van der Waals surface area contributed by atoms with Crippen molar-refractivity contribution in [1.29, 1.82) is 0 Å². The number of fused-ring (bicyclic) bond motifs is 1. The third-order valence-electron chi connectivity index (χ3n) is 4.31. The van der Waals surface area contributed by atoms with Gasteiger partial charge in [0.15, 0.2) is 5.11 Å². The predicted octanol–water partition coefficient (Wildman–Crippen LogP) is 2.40. The van der Waals surface area contributed by atoms with E-state index in [4.69, 9.17) is 12.2 Å². The van der Waals surface area contributed by atoms with E-state index in [1.54, 1.807) is 0 Å². The Kier molecular flexibility index (Phi) is 6.56. The van der Waals surface area contributed by atoms with Crippen LogP contribution >= 0.6 is 12.2 Å². The molecule has 2 rings (SSSR count). The van der Waals surface area contributed by atoms with Crippen LogP contribution in [0.1, 0.15) is 23.6 Å². The second-order valence-electron chi connectivity index (χ2n) is 6.67. The first kappa shape index (κ1) is 19.4. The number of pyridine rings is 1. The van der Waals surface area contributed by atoms with Crippen molar-refractivity contribution in [1.82, 2.24) is 20.1 Å². The second kappa shape index (κ2) is 8.45. The van der Waals surface area contributed by atoms with E-state index >= 15 is 0 Å². The molecule has 0 saturated heterocycles. The minimum Gasteiger partial charge on any atom is -0.363 e. The van der Waals surface area contributed by atoms with Crippen LogP contribution in [0.25, 0.3) is 10.9 Å². The van der Waals surface area contributed by atoms with Crippen LogP contribution in [0.3, 0.4) is 0 Å². The SMILES string of the molecule is CCNC(=S)N(CCN(C)C)Cc1cc2c(C)ccc(C)c2[nH]c1=O. The maximum Gasteiger partial charge on any atom is 0.253 e. The van der Waals surface area contributed by atoms with Gasteiger partial charge in [-0.3, -0.25) is 4.79 Å². The lowest BCUT2D eigenvalue weighted by molar-refractivity contribution is 0.322. The zero-order chi connectivity index (χ0) is 18.6. The summed E-state index contributed by atoms with van der Waals surface area (Å²) in [5.41, 5.74) is 3.85. The highest BCUT2D eigenvalue weighted by Gasteiger charge is 2.14. The van der Waals surface area contributed by atoms with E-state index in [0.29, 0.717) is 11.7 Å². The summed E-state index contributed by atoms with van der Waals surface area (Å²) in [5, 5.41) is 4.97. The third-order valence-corrected chi connectivity index (χ3v) is 4.72. The van der Waals surface area contributed by atoms with Crippen LogP contribution in [-0.4, -0.2) is 53.6 Å². The molecule has 0 bridgehead atoms. The number of benzene rings is 1. The highest BCUT2D eigenvalue weighted by molar-refractivity contribution is 7.80. The highest BCUT2D eigenvalue weighted by atomic mass is 32.1. The van der Waals surface area contributed by atoms with Gasteiger partial charge in [-0.15, -0.1) is 0 Å². The van der Waals surface area contributed by atoms with E-state index in [9.17, 15) is 4.79 Å². The van der Waals surface area contributed by atoms with Crippen LogP contribution in [0.2, 0.25) is 0 Å². The smallest absolute Gasteiger partial charge is 0.253 e. The molecule has 0 radical (unpaired) electrons. The Hall–Kier alpha value is -1.92. The van der Waals surface area contributed by atoms with E-state index < -0.39 is 0 Å². The van der Waals surface area contributed by atoms with Gasteiger partial charge in [-0.05, 0) is 64.3 Å². The number of aromatic amines is 1. The maximum atomic E-state index is 12.6. The standard InChI is InChI=1S/C19H28N4OS/c1-6-20-19(25)23(10-9-22(4)5)12-15-11-16-13(2)7-8-14(3)17(16)21-18(15)24/h7-8,11H,6,9-10,12H2,1-5H3,(H,20,25)(H,21,24). The summed E-state index contributed by atoms with van der Waals surface area (Å²) in [6.07, 6.45) is 0. The lowest BCUT2D eigenvalue weighted by Crippen LogP contribution is -2.43. The summed E-state index contributed by atoms with van der Waals surface area (Å²) in [5.74, 6) is 0. The Morgan fingerprint density at radius 1 is 1.20 bits per heavy atom. The lowest BCUT2D eigenvalue weighted by atomic mass is 10.0. The zero-order valence-corrected chi connectivity index (χ0v) is 16.6. The van der Waals surface area contributed by atoms with Crippen LogP contribution in [0.5, 0.6) is 0 Å². The van der Waals surface area contributed by atoms with Crippen LogP contribution in [0.15, 0.2) is 23.0 Å². The first-order valence-corrected chi connectivity index (χ1v) is 9.04. The molecule has 1 heterocycles. The highest BCUT2D eigenvalue weighted by Crippen LogP contribution is 2.20. The molecule has 0 aliphatic carbocycles. The number of hydrogen-bond acceptors (Lipinski definition) is 3. The Morgan fingerprint density at radius 2 is 1.88 bits per heavy atom. The number of likely N-dealkylation sites (N-methyl/N-ethyl adjacent to an activating group) is 1. The molecule has 0 atom stereocenters. The zero-order valence-electron chi connectivity index (χ0n) is 15.8. The average Bonchev–Trinajstić information content (AvgIpc) is 2.55. The molecule has 0 saturated carbocycles. The van der Waals surface area contributed by atoms with Gasteiger partial charge in [-0.2, -0.15) is 0 Å². The number of aryl methyl sites for hydroxylation is 2. The van der Waals surface area contributed by atoms with Crippen molar-refractivity contribution >= 4 is 28.2 Å². The molecule has 0 fully saturated rings. The molecular weight excluding hydrogens is 332 g/mol. The van der Waals surface area contributed by atoms with Gasteiger partial charge >= 0.3 is 0 Å². The summed E-state index contributed by atoms with van der Waals surface area (Å²) in [6.45, 7) is 9.00. The summed E-state index contributed by atoms with van der Waals surface area (Å²) < 4.78 is 0. The number of aromatic nitrogens is 1. The van der Waals surface area contributed by atoms with E-state index in [1.807, 2.05) is 40.1 Å². The van der Waals surface area contributed by atoms with Crippen molar-refractivity contribution in [3.8, 4) is 0 Å². The van der Waals surface area contributed by atoms with Gasteiger partial charge in [0.05, 0.1) is 12.1 Å². The van der Waals surface area contributed by atoms with Crippen molar-refractivity contribution in [3.05, 3.63) is 45.2 Å². The van der Waals surface area contributed by atoms with Gasteiger partial charge in [-0.25, -0.2) is 0 Å². The number of nitrogens with zero attached hydrogens (tertiary/aromatic N) is 2. The Bertz CT molecular complexity index is 813. The number of rotatable bonds is 6. The minimum atomic E-state index is -0.0460. The average molecular weight is 361 g/mol. The topological polar surface area (TPSA) is 51.4 Å². The van der Waals surface area contributed by atoms with Crippen molar-refractivity contribution in [2.75, 3.05) is 33.7 Å². The largest absolute Gasteiger partial charge is 0.363 e. The molecule has 1 aromatic heterocycles. The number of hydrogen-bond donors (Lipinski definition) is 2. The van der Waals surface area contributed by atoms with Crippen LogP contribution in [-0.2, 0) is 6.54 Å².